The zero-order valence-corrected chi connectivity index (χ0v) is 12.5. The summed E-state index contributed by atoms with van der Waals surface area (Å²) < 4.78 is 10.6. The molecule has 0 bridgehead atoms. The average Bonchev–Trinajstić information content (AvgIpc) is 2.54. The predicted molar refractivity (Wildman–Crippen MR) is 86.0 cm³/mol. The first-order valence-corrected chi connectivity index (χ1v) is 7.10. The van der Waals surface area contributed by atoms with Gasteiger partial charge < -0.3 is 20.5 Å². The van der Waals surface area contributed by atoms with Crippen molar-refractivity contribution >= 4 is 5.69 Å². The Morgan fingerprint density at radius 2 is 1.62 bits per heavy atom. The van der Waals surface area contributed by atoms with E-state index >= 15 is 0 Å². The van der Waals surface area contributed by atoms with Crippen LogP contribution >= 0.6 is 0 Å². The van der Waals surface area contributed by atoms with Crippen LogP contribution in [0.2, 0.25) is 0 Å². The molecule has 0 amide bonds. The highest BCUT2D eigenvalue weighted by Gasteiger charge is 2.09. The molecule has 0 aliphatic carbocycles. The molecule has 2 aromatic carbocycles. The smallest absolute Gasteiger partial charge is 0.119 e. The van der Waals surface area contributed by atoms with Crippen molar-refractivity contribution in [2.45, 2.75) is 13.0 Å². The van der Waals surface area contributed by atoms with E-state index in [1.54, 1.807) is 7.11 Å². The van der Waals surface area contributed by atoms with E-state index in [2.05, 4.69) is 5.32 Å². The third kappa shape index (κ3) is 4.13. The van der Waals surface area contributed by atoms with E-state index in [9.17, 15) is 0 Å². The summed E-state index contributed by atoms with van der Waals surface area (Å²) in [4.78, 5) is 0. The quantitative estimate of drug-likeness (QED) is 0.820. The van der Waals surface area contributed by atoms with Gasteiger partial charge in [-0.25, -0.2) is 0 Å². The highest BCUT2D eigenvalue weighted by Crippen LogP contribution is 2.23. The molecular formula is C17H22N2O2. The topological polar surface area (TPSA) is 56.5 Å². The predicted octanol–water partition coefficient (Wildman–Crippen LogP) is 3.21. The molecule has 1 atom stereocenters. The van der Waals surface area contributed by atoms with Crippen molar-refractivity contribution in [2.24, 2.45) is 5.73 Å². The molecule has 0 saturated heterocycles. The minimum Gasteiger partial charge on any atom is -0.497 e. The lowest BCUT2D eigenvalue weighted by Crippen LogP contribution is -2.20. The van der Waals surface area contributed by atoms with E-state index in [4.69, 9.17) is 15.2 Å². The molecule has 2 aromatic rings. The highest BCUT2D eigenvalue weighted by molar-refractivity contribution is 5.48. The number of hydrogen-bond acceptors (Lipinski definition) is 4. The highest BCUT2D eigenvalue weighted by atomic mass is 16.5. The zero-order chi connectivity index (χ0) is 15.1. The molecule has 21 heavy (non-hydrogen) atoms. The molecule has 0 aliphatic heterocycles. The van der Waals surface area contributed by atoms with E-state index in [0.717, 1.165) is 22.7 Å². The van der Waals surface area contributed by atoms with Gasteiger partial charge in [0.15, 0.2) is 0 Å². The molecule has 3 N–H and O–H groups in total. The second kappa shape index (κ2) is 7.55. The van der Waals surface area contributed by atoms with Gasteiger partial charge in [0.25, 0.3) is 0 Å². The van der Waals surface area contributed by atoms with E-state index in [1.807, 2.05) is 55.5 Å². The van der Waals surface area contributed by atoms with E-state index in [1.165, 1.54) is 0 Å². The lowest BCUT2D eigenvalue weighted by molar-refractivity contribution is 0.340. The number of rotatable bonds is 7. The van der Waals surface area contributed by atoms with Crippen molar-refractivity contribution in [3.63, 3.8) is 0 Å². The molecule has 0 saturated carbocycles. The van der Waals surface area contributed by atoms with Gasteiger partial charge in [0, 0.05) is 12.2 Å². The number of nitrogens with two attached hydrogens (primary N) is 1. The second-order valence-electron chi connectivity index (χ2n) is 4.66. The van der Waals surface area contributed by atoms with Gasteiger partial charge in [-0.05, 0) is 48.9 Å². The van der Waals surface area contributed by atoms with E-state index in [0.29, 0.717) is 13.2 Å². The number of benzene rings is 2. The van der Waals surface area contributed by atoms with Crippen LogP contribution in [0.25, 0.3) is 0 Å². The van der Waals surface area contributed by atoms with Gasteiger partial charge in [0.1, 0.15) is 11.5 Å². The van der Waals surface area contributed by atoms with Gasteiger partial charge in [-0.3, -0.25) is 0 Å². The first kappa shape index (κ1) is 15.2. The molecule has 0 heterocycles. The third-order valence-corrected chi connectivity index (χ3v) is 3.26. The number of ether oxygens (including phenoxy) is 2. The summed E-state index contributed by atoms with van der Waals surface area (Å²) in [5.74, 6) is 1.72. The zero-order valence-electron chi connectivity index (χ0n) is 12.5. The molecule has 0 spiro atoms. The van der Waals surface area contributed by atoms with Gasteiger partial charge in [-0.15, -0.1) is 0 Å². The summed E-state index contributed by atoms with van der Waals surface area (Å²) in [7, 11) is 1.66. The summed E-state index contributed by atoms with van der Waals surface area (Å²) in [6.07, 6.45) is 0. The van der Waals surface area contributed by atoms with Crippen LogP contribution in [0.3, 0.4) is 0 Å². The molecule has 4 nitrogen and oxygen atoms in total. The van der Waals surface area contributed by atoms with Crippen molar-refractivity contribution in [3.8, 4) is 11.5 Å². The maximum atomic E-state index is 5.89. The molecule has 2 rings (SSSR count). The van der Waals surface area contributed by atoms with Crippen molar-refractivity contribution in [3.05, 3.63) is 54.1 Å². The molecule has 0 fully saturated rings. The number of nitrogens with one attached hydrogen (secondary N) is 1. The molecule has 4 heteroatoms. The monoisotopic (exact) mass is 286 g/mol. The van der Waals surface area contributed by atoms with Crippen LogP contribution in [0, 0.1) is 0 Å². The summed E-state index contributed by atoms with van der Waals surface area (Å²) in [6, 6.07) is 15.9. The van der Waals surface area contributed by atoms with Crippen LogP contribution in [0.1, 0.15) is 18.5 Å². The van der Waals surface area contributed by atoms with Crippen LogP contribution in [-0.4, -0.2) is 20.3 Å². The first-order chi connectivity index (χ1) is 10.3. The van der Waals surface area contributed by atoms with Gasteiger partial charge in [0.05, 0.1) is 19.8 Å². The van der Waals surface area contributed by atoms with Crippen molar-refractivity contribution < 1.29 is 9.47 Å². The Hall–Kier alpha value is -2.20. The fourth-order valence-corrected chi connectivity index (χ4v) is 2.13. The van der Waals surface area contributed by atoms with Crippen LogP contribution in [0.5, 0.6) is 11.5 Å². The van der Waals surface area contributed by atoms with Gasteiger partial charge >= 0.3 is 0 Å². The number of hydrogen-bond donors (Lipinski definition) is 2. The van der Waals surface area contributed by atoms with Crippen molar-refractivity contribution in [1.29, 1.82) is 0 Å². The largest absolute Gasteiger partial charge is 0.497 e. The summed E-state index contributed by atoms with van der Waals surface area (Å²) >= 11 is 0. The molecule has 0 aliphatic rings. The standard InChI is InChI=1S/C17H22N2O2/c1-3-21-16-8-4-13(5-9-16)17(12-18)19-14-6-10-15(20-2)11-7-14/h4-11,17,19H,3,12,18H2,1-2H3. The van der Waals surface area contributed by atoms with Crippen LogP contribution in [0.4, 0.5) is 5.69 Å². The Morgan fingerprint density at radius 1 is 1.00 bits per heavy atom. The normalized spacial score (nSPS) is 11.8. The molecule has 1 unspecified atom stereocenters. The minimum atomic E-state index is 0.0640. The van der Waals surface area contributed by atoms with Crippen molar-refractivity contribution in [2.75, 3.05) is 25.6 Å². The SMILES string of the molecule is CCOc1ccc(C(CN)Nc2ccc(OC)cc2)cc1. The molecular weight excluding hydrogens is 264 g/mol. The average molecular weight is 286 g/mol. The number of anilines is 1. The van der Waals surface area contributed by atoms with E-state index in [-0.39, 0.29) is 6.04 Å². The van der Waals surface area contributed by atoms with Crippen LogP contribution < -0.4 is 20.5 Å². The second-order valence-corrected chi connectivity index (χ2v) is 4.66. The lowest BCUT2D eigenvalue weighted by atomic mass is 10.1. The third-order valence-electron chi connectivity index (χ3n) is 3.26. The lowest BCUT2D eigenvalue weighted by Gasteiger charge is -2.19. The van der Waals surface area contributed by atoms with Gasteiger partial charge in [-0.1, -0.05) is 12.1 Å². The Labute approximate surface area is 125 Å². The van der Waals surface area contributed by atoms with Gasteiger partial charge in [-0.2, -0.15) is 0 Å². The maximum Gasteiger partial charge on any atom is 0.119 e. The molecule has 112 valence electrons. The fraction of sp³-hybridized carbons (Fsp3) is 0.294. The van der Waals surface area contributed by atoms with E-state index < -0.39 is 0 Å². The van der Waals surface area contributed by atoms with Gasteiger partial charge in [0.2, 0.25) is 0 Å². The summed E-state index contributed by atoms with van der Waals surface area (Å²) in [5, 5.41) is 3.43. The number of methoxy groups -OCH3 is 1. The molecule has 0 aromatic heterocycles. The maximum absolute atomic E-state index is 5.89. The van der Waals surface area contributed by atoms with Crippen molar-refractivity contribution in [1.82, 2.24) is 0 Å². The van der Waals surface area contributed by atoms with Crippen LogP contribution in [-0.2, 0) is 0 Å². The Kier molecular flexibility index (Phi) is 5.46. The molecule has 0 radical (unpaired) electrons. The summed E-state index contributed by atoms with van der Waals surface area (Å²) in [6.45, 7) is 3.16. The Morgan fingerprint density at radius 3 is 2.14 bits per heavy atom. The summed E-state index contributed by atoms with van der Waals surface area (Å²) in [5.41, 5.74) is 8.04. The Bertz CT molecular complexity index is 538. The van der Waals surface area contributed by atoms with Crippen LogP contribution in [0.15, 0.2) is 48.5 Å². The first-order valence-electron chi connectivity index (χ1n) is 7.10. The fourth-order valence-electron chi connectivity index (χ4n) is 2.13. The Balaban J connectivity index is 2.07. The minimum absolute atomic E-state index is 0.0640.